The first-order chi connectivity index (χ1) is 12.7. The van der Waals surface area contributed by atoms with Gasteiger partial charge >= 0.3 is 6.18 Å². The molecule has 1 aromatic carbocycles. The largest absolute Gasteiger partial charge is 0.417 e. The highest BCUT2D eigenvalue weighted by atomic mass is 19.4. The molecule has 3 rings (SSSR count). The Hall–Kier alpha value is -2.90. The van der Waals surface area contributed by atoms with Crippen molar-refractivity contribution in [1.29, 1.82) is 0 Å². The van der Waals surface area contributed by atoms with E-state index >= 15 is 0 Å². The number of benzene rings is 1. The van der Waals surface area contributed by atoms with Crippen molar-refractivity contribution in [1.82, 2.24) is 14.8 Å². The van der Waals surface area contributed by atoms with Crippen molar-refractivity contribution >= 4 is 22.6 Å². The molecule has 0 aliphatic carbocycles. The molecule has 27 heavy (non-hydrogen) atoms. The number of nitrogens with one attached hydrogen (secondary N) is 1. The molecule has 0 unspecified atom stereocenters. The summed E-state index contributed by atoms with van der Waals surface area (Å²) >= 11 is 0. The van der Waals surface area contributed by atoms with Gasteiger partial charge in [-0.05, 0) is 44.0 Å². The third-order valence-corrected chi connectivity index (χ3v) is 4.25. The molecule has 3 aromatic rings. The van der Waals surface area contributed by atoms with Gasteiger partial charge in [0.1, 0.15) is 6.54 Å². The lowest BCUT2D eigenvalue weighted by Gasteiger charge is -2.10. The number of hydrogen-bond acceptors (Lipinski definition) is 3. The van der Waals surface area contributed by atoms with Gasteiger partial charge in [-0.15, -0.1) is 0 Å². The highest BCUT2D eigenvalue weighted by molar-refractivity contribution is 5.92. The normalized spacial score (nSPS) is 11.8. The van der Waals surface area contributed by atoms with Crippen molar-refractivity contribution in [3.8, 4) is 0 Å². The van der Waals surface area contributed by atoms with Crippen molar-refractivity contribution in [3.05, 3.63) is 52.8 Å². The summed E-state index contributed by atoms with van der Waals surface area (Å²) in [5.41, 5.74) is 1.42. The molecular weight excluding hydrogens is 357 g/mol. The van der Waals surface area contributed by atoms with Gasteiger partial charge in [-0.25, -0.2) is 9.67 Å². The summed E-state index contributed by atoms with van der Waals surface area (Å²) in [6, 6.07) is 8.38. The quantitative estimate of drug-likeness (QED) is 0.740. The molecule has 2 aromatic heterocycles. The smallest absolute Gasteiger partial charge is 0.324 e. The first-order valence-corrected chi connectivity index (χ1v) is 8.49. The maximum Gasteiger partial charge on any atom is 0.417 e. The van der Waals surface area contributed by atoms with Crippen LogP contribution in [0.1, 0.15) is 29.4 Å². The fourth-order valence-corrected chi connectivity index (χ4v) is 2.97. The average molecular weight is 376 g/mol. The summed E-state index contributed by atoms with van der Waals surface area (Å²) in [5.74, 6) is -0.388. The number of carbonyl (C=O) groups is 1. The molecule has 0 atom stereocenters. The molecule has 1 N–H and O–H groups in total. The van der Waals surface area contributed by atoms with Crippen LogP contribution in [0.3, 0.4) is 0 Å². The zero-order valence-corrected chi connectivity index (χ0v) is 15.2. The number of carbonyl (C=O) groups excluding carboxylic acids is 1. The Morgan fingerprint density at radius 1 is 1.19 bits per heavy atom. The Balaban J connectivity index is 1.90. The van der Waals surface area contributed by atoms with E-state index < -0.39 is 11.7 Å². The SMILES string of the molecule is CCc1ccc(NC(=O)Cn2nc(C)c3c(C(F)(F)F)cc(C)nc32)cc1. The number of aryl methyl sites for hydroxylation is 3. The monoisotopic (exact) mass is 376 g/mol. The van der Waals surface area contributed by atoms with Gasteiger partial charge in [0, 0.05) is 11.4 Å². The summed E-state index contributed by atoms with van der Waals surface area (Å²) in [4.78, 5) is 16.5. The second-order valence-electron chi connectivity index (χ2n) is 6.35. The Morgan fingerprint density at radius 3 is 2.44 bits per heavy atom. The Bertz CT molecular complexity index is 991. The van der Waals surface area contributed by atoms with Crippen LogP contribution >= 0.6 is 0 Å². The van der Waals surface area contributed by atoms with Crippen LogP contribution in [0, 0.1) is 13.8 Å². The van der Waals surface area contributed by atoms with Crippen LogP contribution in [0.2, 0.25) is 0 Å². The molecule has 1 amide bonds. The Labute approximate surface area is 154 Å². The minimum Gasteiger partial charge on any atom is -0.324 e. The highest BCUT2D eigenvalue weighted by Gasteiger charge is 2.35. The van der Waals surface area contributed by atoms with Crippen molar-refractivity contribution < 1.29 is 18.0 Å². The van der Waals surface area contributed by atoms with E-state index in [4.69, 9.17) is 0 Å². The fourth-order valence-electron chi connectivity index (χ4n) is 2.97. The number of anilines is 1. The average Bonchev–Trinajstić information content (AvgIpc) is 2.89. The second kappa shape index (κ2) is 7.02. The van der Waals surface area contributed by atoms with Gasteiger partial charge in [-0.2, -0.15) is 18.3 Å². The number of alkyl halides is 3. The van der Waals surface area contributed by atoms with Crippen LogP contribution in [0.4, 0.5) is 18.9 Å². The number of nitrogens with zero attached hydrogens (tertiary/aromatic N) is 3. The topological polar surface area (TPSA) is 59.8 Å². The highest BCUT2D eigenvalue weighted by Crippen LogP contribution is 2.36. The molecule has 0 saturated carbocycles. The zero-order chi connectivity index (χ0) is 19.8. The van der Waals surface area contributed by atoms with Gasteiger partial charge < -0.3 is 5.32 Å². The van der Waals surface area contributed by atoms with Crippen LogP contribution in [-0.2, 0) is 23.9 Å². The third-order valence-electron chi connectivity index (χ3n) is 4.25. The molecule has 0 radical (unpaired) electrons. The van der Waals surface area contributed by atoms with Crippen LogP contribution in [0.5, 0.6) is 0 Å². The summed E-state index contributed by atoms with van der Waals surface area (Å²) in [6.07, 6.45) is -3.63. The maximum atomic E-state index is 13.4. The third kappa shape index (κ3) is 3.94. The molecule has 0 bridgehead atoms. The molecule has 0 spiro atoms. The van der Waals surface area contributed by atoms with Gasteiger partial charge in [0.2, 0.25) is 5.91 Å². The van der Waals surface area contributed by atoms with E-state index in [1.165, 1.54) is 18.5 Å². The lowest BCUT2D eigenvalue weighted by molar-refractivity contribution is -0.136. The molecular formula is C19H19F3N4O. The zero-order valence-electron chi connectivity index (χ0n) is 15.2. The van der Waals surface area contributed by atoms with Crippen LogP contribution < -0.4 is 5.32 Å². The number of hydrogen-bond donors (Lipinski definition) is 1. The maximum absolute atomic E-state index is 13.4. The molecule has 0 fully saturated rings. The fraction of sp³-hybridized carbons (Fsp3) is 0.316. The first kappa shape index (κ1) is 18.9. The van der Waals surface area contributed by atoms with Gasteiger partial charge in [0.05, 0.1) is 16.6 Å². The Kier molecular flexibility index (Phi) is 4.91. The van der Waals surface area contributed by atoms with Crippen molar-refractivity contribution in [2.75, 3.05) is 5.32 Å². The lowest BCUT2D eigenvalue weighted by Crippen LogP contribution is -2.20. The molecule has 0 aliphatic rings. The van der Waals surface area contributed by atoms with Gasteiger partial charge in [0.15, 0.2) is 5.65 Å². The number of aromatic nitrogens is 3. The first-order valence-electron chi connectivity index (χ1n) is 8.49. The van der Waals surface area contributed by atoms with E-state index in [9.17, 15) is 18.0 Å². The number of halogens is 3. The summed E-state index contributed by atoms with van der Waals surface area (Å²) in [6.45, 7) is 4.76. The number of pyridine rings is 1. The summed E-state index contributed by atoms with van der Waals surface area (Å²) in [7, 11) is 0. The van der Waals surface area contributed by atoms with Crippen LogP contribution in [0.15, 0.2) is 30.3 Å². The predicted molar refractivity (Wildman–Crippen MR) is 96.5 cm³/mol. The van der Waals surface area contributed by atoms with E-state index in [-0.39, 0.29) is 34.9 Å². The molecule has 5 nitrogen and oxygen atoms in total. The molecule has 0 saturated heterocycles. The Morgan fingerprint density at radius 2 is 1.85 bits per heavy atom. The molecule has 2 heterocycles. The number of rotatable bonds is 4. The molecule has 142 valence electrons. The van der Waals surface area contributed by atoms with Crippen molar-refractivity contribution in [2.45, 2.75) is 39.9 Å². The van der Waals surface area contributed by atoms with Crippen LogP contribution in [-0.4, -0.2) is 20.7 Å². The minimum absolute atomic E-state index is 0.0521. The summed E-state index contributed by atoms with van der Waals surface area (Å²) < 4.78 is 41.3. The minimum atomic E-state index is -4.52. The van der Waals surface area contributed by atoms with E-state index in [1.54, 1.807) is 12.1 Å². The van der Waals surface area contributed by atoms with E-state index in [2.05, 4.69) is 15.4 Å². The van der Waals surface area contributed by atoms with Gasteiger partial charge in [-0.1, -0.05) is 19.1 Å². The number of amides is 1. The van der Waals surface area contributed by atoms with E-state index in [0.29, 0.717) is 5.69 Å². The van der Waals surface area contributed by atoms with Crippen molar-refractivity contribution in [3.63, 3.8) is 0 Å². The number of fused-ring (bicyclic) bond motifs is 1. The lowest BCUT2D eigenvalue weighted by atomic mass is 10.1. The van der Waals surface area contributed by atoms with Gasteiger partial charge in [0.25, 0.3) is 0 Å². The molecule has 8 heteroatoms. The van der Waals surface area contributed by atoms with E-state index in [0.717, 1.165) is 18.1 Å². The van der Waals surface area contributed by atoms with Gasteiger partial charge in [-0.3, -0.25) is 4.79 Å². The van der Waals surface area contributed by atoms with E-state index in [1.807, 2.05) is 19.1 Å². The van der Waals surface area contributed by atoms with Crippen molar-refractivity contribution in [2.24, 2.45) is 0 Å². The standard InChI is InChI=1S/C19H19F3N4O/c1-4-13-5-7-14(8-6-13)24-16(27)10-26-18-17(12(3)25-26)15(19(20,21)22)9-11(2)23-18/h5-9H,4,10H2,1-3H3,(H,24,27). The summed E-state index contributed by atoms with van der Waals surface area (Å²) in [5, 5.41) is 6.76. The van der Waals surface area contributed by atoms with Crippen LogP contribution in [0.25, 0.3) is 11.0 Å². The predicted octanol–water partition coefficient (Wildman–Crippen LogP) is 4.27. The second-order valence-corrected chi connectivity index (χ2v) is 6.35. The molecule has 0 aliphatic heterocycles.